The van der Waals surface area contributed by atoms with E-state index in [1.54, 1.807) is 26.4 Å². The first kappa shape index (κ1) is 15.0. The second-order valence-electron chi connectivity index (χ2n) is 4.60. The molecule has 21 heavy (non-hydrogen) atoms. The molecular formula is C15H18N2O4. The van der Waals surface area contributed by atoms with Gasteiger partial charge in [0.05, 0.1) is 20.1 Å². The first-order valence-corrected chi connectivity index (χ1v) is 6.67. The van der Waals surface area contributed by atoms with Crippen molar-refractivity contribution in [1.82, 2.24) is 10.1 Å². The molecule has 0 aliphatic carbocycles. The summed E-state index contributed by atoms with van der Waals surface area (Å²) in [6, 6.07) is 5.35. The highest BCUT2D eigenvalue weighted by Gasteiger charge is 2.22. The summed E-state index contributed by atoms with van der Waals surface area (Å²) in [7, 11) is 3.13. The fourth-order valence-corrected chi connectivity index (χ4v) is 2.11. The molecule has 1 atom stereocenters. The Balaban J connectivity index is 2.35. The zero-order valence-corrected chi connectivity index (χ0v) is 12.5. The molecule has 1 unspecified atom stereocenters. The zero-order chi connectivity index (χ0) is 15.4. The highest BCUT2D eigenvalue weighted by atomic mass is 16.5. The van der Waals surface area contributed by atoms with Gasteiger partial charge in [-0.05, 0) is 31.5 Å². The van der Waals surface area contributed by atoms with Crippen molar-refractivity contribution in [3.63, 3.8) is 0 Å². The third-order valence-corrected chi connectivity index (χ3v) is 3.28. The van der Waals surface area contributed by atoms with Gasteiger partial charge in [-0.3, -0.25) is 4.79 Å². The summed E-state index contributed by atoms with van der Waals surface area (Å²) in [5.74, 6) is 1.63. The molecule has 6 nitrogen and oxygen atoms in total. The zero-order valence-electron chi connectivity index (χ0n) is 12.5. The number of hydrogen-bond acceptors (Lipinski definition) is 6. The molecule has 0 fully saturated rings. The molecule has 0 amide bonds. The Morgan fingerprint density at radius 2 is 2.00 bits per heavy atom. The standard InChI is InChI=1S/C15H18N2O4/c1-5-11(9(2)18)15-16-14(17-21-15)10-6-7-12(19-3)13(8-10)20-4/h6-8,11H,5H2,1-4H3. The van der Waals surface area contributed by atoms with Crippen molar-refractivity contribution in [2.75, 3.05) is 14.2 Å². The summed E-state index contributed by atoms with van der Waals surface area (Å²) in [6.45, 7) is 3.43. The molecule has 0 radical (unpaired) electrons. The quantitative estimate of drug-likeness (QED) is 0.814. The lowest BCUT2D eigenvalue weighted by Crippen LogP contribution is -2.07. The number of methoxy groups -OCH3 is 2. The molecule has 0 bridgehead atoms. The fraction of sp³-hybridized carbons (Fsp3) is 0.400. The predicted octanol–water partition coefficient (Wildman–Crippen LogP) is 2.84. The molecule has 0 spiro atoms. The number of nitrogens with zero attached hydrogens (tertiary/aromatic N) is 2. The molecule has 0 saturated carbocycles. The molecule has 0 saturated heterocycles. The van der Waals surface area contributed by atoms with Crippen LogP contribution in [0.15, 0.2) is 22.7 Å². The van der Waals surface area contributed by atoms with Gasteiger partial charge in [0.15, 0.2) is 11.5 Å². The summed E-state index contributed by atoms with van der Waals surface area (Å²) in [5.41, 5.74) is 0.737. The number of Topliss-reactive ketones (excluding diaryl/α,β-unsaturated/α-hetero) is 1. The minimum Gasteiger partial charge on any atom is -0.493 e. The van der Waals surface area contributed by atoms with E-state index in [9.17, 15) is 4.79 Å². The minimum absolute atomic E-state index is 0.0139. The number of carbonyl (C=O) groups is 1. The van der Waals surface area contributed by atoms with Gasteiger partial charge < -0.3 is 14.0 Å². The first-order valence-electron chi connectivity index (χ1n) is 6.67. The lowest BCUT2D eigenvalue weighted by molar-refractivity contribution is -0.119. The van der Waals surface area contributed by atoms with Gasteiger partial charge in [0.25, 0.3) is 0 Å². The average Bonchev–Trinajstić information content (AvgIpc) is 2.96. The number of ether oxygens (including phenoxy) is 2. The number of benzene rings is 1. The van der Waals surface area contributed by atoms with E-state index >= 15 is 0 Å². The largest absolute Gasteiger partial charge is 0.493 e. The number of carbonyl (C=O) groups excluding carboxylic acids is 1. The molecule has 6 heteroatoms. The van der Waals surface area contributed by atoms with E-state index in [2.05, 4.69) is 10.1 Å². The van der Waals surface area contributed by atoms with Crippen LogP contribution in [0.25, 0.3) is 11.4 Å². The molecule has 2 rings (SSSR count). The second kappa shape index (κ2) is 6.39. The van der Waals surface area contributed by atoms with Gasteiger partial charge in [0, 0.05) is 5.56 Å². The first-order chi connectivity index (χ1) is 10.1. The number of ketones is 1. The van der Waals surface area contributed by atoms with Crippen LogP contribution in [0.3, 0.4) is 0 Å². The van der Waals surface area contributed by atoms with E-state index < -0.39 is 0 Å². The topological polar surface area (TPSA) is 74.5 Å². The summed E-state index contributed by atoms with van der Waals surface area (Å²) < 4.78 is 15.6. The maximum atomic E-state index is 11.5. The Morgan fingerprint density at radius 3 is 2.57 bits per heavy atom. The molecule has 0 N–H and O–H groups in total. The Hall–Kier alpha value is -2.37. The lowest BCUT2D eigenvalue weighted by atomic mass is 10.0. The van der Waals surface area contributed by atoms with Crippen LogP contribution in [-0.2, 0) is 4.79 Å². The second-order valence-corrected chi connectivity index (χ2v) is 4.60. The summed E-state index contributed by atoms with van der Waals surface area (Å²) in [5, 5.41) is 3.93. The number of rotatable bonds is 6. The van der Waals surface area contributed by atoms with Crippen LogP contribution < -0.4 is 9.47 Å². The van der Waals surface area contributed by atoms with Gasteiger partial charge >= 0.3 is 0 Å². The molecule has 1 aromatic carbocycles. The van der Waals surface area contributed by atoms with Crippen LogP contribution in [0.2, 0.25) is 0 Å². The summed E-state index contributed by atoms with van der Waals surface area (Å²) >= 11 is 0. The van der Waals surface area contributed by atoms with E-state index in [0.29, 0.717) is 29.6 Å². The van der Waals surface area contributed by atoms with Crippen LogP contribution >= 0.6 is 0 Å². The van der Waals surface area contributed by atoms with Crippen LogP contribution in [-0.4, -0.2) is 30.1 Å². The van der Waals surface area contributed by atoms with E-state index in [0.717, 1.165) is 5.56 Å². The molecule has 1 heterocycles. The van der Waals surface area contributed by atoms with Crippen molar-refractivity contribution < 1.29 is 18.8 Å². The lowest BCUT2D eigenvalue weighted by Gasteiger charge is -2.07. The van der Waals surface area contributed by atoms with Crippen molar-refractivity contribution in [2.45, 2.75) is 26.2 Å². The number of hydrogen-bond donors (Lipinski definition) is 0. The summed E-state index contributed by atoms with van der Waals surface area (Å²) in [6.07, 6.45) is 0.628. The average molecular weight is 290 g/mol. The van der Waals surface area contributed by atoms with Gasteiger partial charge in [-0.15, -0.1) is 0 Å². The Bertz CT molecular complexity index is 636. The molecule has 0 aliphatic heterocycles. The maximum Gasteiger partial charge on any atom is 0.237 e. The van der Waals surface area contributed by atoms with Crippen LogP contribution in [0, 0.1) is 0 Å². The third kappa shape index (κ3) is 3.04. The predicted molar refractivity (Wildman–Crippen MR) is 76.6 cm³/mol. The molecular weight excluding hydrogens is 272 g/mol. The Kier molecular flexibility index (Phi) is 4.57. The van der Waals surface area contributed by atoms with Crippen LogP contribution in [0.4, 0.5) is 0 Å². The molecule has 0 aliphatic rings. The van der Waals surface area contributed by atoms with Gasteiger partial charge in [-0.1, -0.05) is 12.1 Å². The van der Waals surface area contributed by atoms with E-state index in [-0.39, 0.29) is 11.7 Å². The van der Waals surface area contributed by atoms with Gasteiger partial charge in [0.1, 0.15) is 5.78 Å². The van der Waals surface area contributed by atoms with Crippen molar-refractivity contribution in [3.05, 3.63) is 24.1 Å². The van der Waals surface area contributed by atoms with Crippen molar-refractivity contribution in [2.24, 2.45) is 0 Å². The molecule has 1 aromatic heterocycles. The van der Waals surface area contributed by atoms with Gasteiger partial charge in [0.2, 0.25) is 11.7 Å². The number of aromatic nitrogens is 2. The van der Waals surface area contributed by atoms with E-state index in [4.69, 9.17) is 14.0 Å². The monoisotopic (exact) mass is 290 g/mol. The minimum atomic E-state index is -0.355. The van der Waals surface area contributed by atoms with Crippen molar-refractivity contribution >= 4 is 5.78 Å². The Morgan fingerprint density at radius 1 is 1.29 bits per heavy atom. The normalized spacial score (nSPS) is 12.0. The van der Waals surface area contributed by atoms with Gasteiger partial charge in [-0.25, -0.2) is 0 Å². The highest BCUT2D eigenvalue weighted by molar-refractivity contribution is 5.82. The van der Waals surface area contributed by atoms with Crippen molar-refractivity contribution in [3.8, 4) is 22.9 Å². The van der Waals surface area contributed by atoms with E-state index in [1.807, 2.05) is 13.0 Å². The molecule has 2 aromatic rings. The molecule has 112 valence electrons. The maximum absolute atomic E-state index is 11.5. The fourth-order valence-electron chi connectivity index (χ4n) is 2.11. The highest BCUT2D eigenvalue weighted by Crippen LogP contribution is 2.31. The van der Waals surface area contributed by atoms with Gasteiger partial charge in [-0.2, -0.15) is 4.98 Å². The van der Waals surface area contributed by atoms with Crippen molar-refractivity contribution in [1.29, 1.82) is 0 Å². The van der Waals surface area contributed by atoms with E-state index in [1.165, 1.54) is 6.92 Å². The Labute approximate surface area is 123 Å². The smallest absolute Gasteiger partial charge is 0.237 e. The third-order valence-electron chi connectivity index (χ3n) is 3.28. The van der Waals surface area contributed by atoms with Crippen LogP contribution in [0.5, 0.6) is 11.5 Å². The van der Waals surface area contributed by atoms with Crippen LogP contribution in [0.1, 0.15) is 32.1 Å². The summed E-state index contributed by atoms with van der Waals surface area (Å²) in [4.78, 5) is 15.8. The SMILES string of the molecule is CCC(C(C)=O)c1nc(-c2ccc(OC)c(OC)c2)no1.